The summed E-state index contributed by atoms with van der Waals surface area (Å²) >= 11 is 0. The second-order valence-electron chi connectivity index (χ2n) is 15.2. The van der Waals surface area contributed by atoms with Crippen molar-refractivity contribution in [2.45, 2.75) is 24.7 Å². The van der Waals surface area contributed by atoms with Crippen LogP contribution in [0.15, 0.2) is 200 Å². The molecule has 0 radical (unpaired) electrons. The number of nitrogens with one attached hydrogen (secondary N) is 4. The maximum atomic E-state index is 3.90. The molecule has 4 unspecified atom stereocenters. The van der Waals surface area contributed by atoms with Gasteiger partial charge in [-0.3, -0.25) is 16.0 Å². The van der Waals surface area contributed by atoms with Crippen LogP contribution in [0, 0.1) is 0 Å². The van der Waals surface area contributed by atoms with E-state index >= 15 is 0 Å². The predicted molar refractivity (Wildman–Crippen MR) is 236 cm³/mol. The first-order valence-electron chi connectivity index (χ1n) is 19.8. The molecule has 5 nitrogen and oxygen atoms in total. The molecule has 1 saturated heterocycles. The van der Waals surface area contributed by atoms with Crippen molar-refractivity contribution in [2.24, 2.45) is 0 Å². The van der Waals surface area contributed by atoms with Gasteiger partial charge in [0.15, 0.2) is 0 Å². The minimum absolute atomic E-state index is 0.0222. The van der Waals surface area contributed by atoms with Gasteiger partial charge in [0.05, 0.1) is 29.9 Å². The van der Waals surface area contributed by atoms with E-state index in [4.69, 9.17) is 0 Å². The summed E-state index contributed by atoms with van der Waals surface area (Å²) in [5, 5.41) is 22.9. The lowest BCUT2D eigenvalue weighted by Gasteiger charge is -2.39. The van der Waals surface area contributed by atoms with Gasteiger partial charge in [-0.1, -0.05) is 164 Å². The summed E-state index contributed by atoms with van der Waals surface area (Å²) in [6.07, 6.45) is -0.212. The molecule has 2 aliphatic rings. The minimum Gasteiger partial charge on any atom is -0.359 e. The van der Waals surface area contributed by atoms with Gasteiger partial charge in [0.2, 0.25) is 0 Å². The SMILES string of the molecule is c1ccc(C2NC(c3cccc(-c4ccc5c(ccc6ccc7c(c65)N(c5ccccc5)C(c5ccccc5)N7)c4)c3)NC(c3ccc4ccccc4c3)N2)cc1. The Morgan fingerprint density at radius 3 is 1.72 bits per heavy atom. The molecule has 11 rings (SSSR count). The molecule has 0 bridgehead atoms. The average Bonchev–Trinajstić information content (AvgIpc) is 3.69. The van der Waals surface area contributed by atoms with Crippen LogP contribution in [-0.2, 0) is 0 Å². The molecule has 57 heavy (non-hydrogen) atoms. The molecule has 2 heterocycles. The van der Waals surface area contributed by atoms with E-state index in [9.17, 15) is 0 Å². The zero-order chi connectivity index (χ0) is 37.7. The van der Waals surface area contributed by atoms with Gasteiger partial charge >= 0.3 is 0 Å². The Morgan fingerprint density at radius 1 is 0.368 bits per heavy atom. The third-order valence-electron chi connectivity index (χ3n) is 11.7. The van der Waals surface area contributed by atoms with Crippen LogP contribution in [0.5, 0.6) is 0 Å². The standard InChI is InChI=1S/C52H41N5/c1-4-14-36(15-5-1)49-54-50(56-51(55-49)43-26-23-34-13-10-11-18-38(34)32-43)42-20-12-19-39(33-42)40-27-29-45-41(31-40)25-24-35-28-30-46-48(47(35)45)57(44-21-8-3-9-22-44)52(53-46)37-16-6-2-7-17-37/h1-33,49-56H. The fourth-order valence-electron chi connectivity index (χ4n) is 8.91. The average molecular weight is 736 g/mol. The van der Waals surface area contributed by atoms with E-state index in [1.165, 1.54) is 71.4 Å². The molecule has 0 spiro atoms. The van der Waals surface area contributed by atoms with Crippen molar-refractivity contribution in [2.75, 3.05) is 10.2 Å². The number of benzene rings is 9. The van der Waals surface area contributed by atoms with E-state index in [1.54, 1.807) is 0 Å². The second kappa shape index (κ2) is 14.1. The Bertz CT molecular complexity index is 2890. The highest BCUT2D eigenvalue weighted by Crippen LogP contribution is 2.51. The van der Waals surface area contributed by atoms with Crippen LogP contribution >= 0.6 is 0 Å². The Morgan fingerprint density at radius 2 is 0.947 bits per heavy atom. The number of nitrogens with zero attached hydrogens (tertiary/aromatic N) is 1. The number of hydrogen-bond acceptors (Lipinski definition) is 5. The van der Waals surface area contributed by atoms with Crippen LogP contribution in [0.2, 0.25) is 0 Å². The molecule has 9 aromatic rings. The van der Waals surface area contributed by atoms with Gasteiger partial charge in [-0.05, 0) is 96.7 Å². The topological polar surface area (TPSA) is 51.4 Å². The van der Waals surface area contributed by atoms with Gasteiger partial charge in [0.1, 0.15) is 6.17 Å². The van der Waals surface area contributed by atoms with Crippen LogP contribution in [0.4, 0.5) is 17.1 Å². The first-order valence-corrected chi connectivity index (χ1v) is 19.8. The van der Waals surface area contributed by atoms with Crippen molar-refractivity contribution >= 4 is 49.4 Å². The van der Waals surface area contributed by atoms with Gasteiger partial charge in [0.25, 0.3) is 0 Å². The number of para-hydroxylation sites is 1. The lowest BCUT2D eigenvalue weighted by atomic mass is 9.94. The van der Waals surface area contributed by atoms with Crippen LogP contribution in [0.3, 0.4) is 0 Å². The molecule has 9 aromatic carbocycles. The maximum absolute atomic E-state index is 3.90. The van der Waals surface area contributed by atoms with Crippen molar-refractivity contribution in [1.82, 2.24) is 16.0 Å². The third-order valence-corrected chi connectivity index (χ3v) is 11.7. The molecule has 274 valence electrons. The van der Waals surface area contributed by atoms with E-state index in [1.807, 2.05) is 0 Å². The number of fused-ring (bicyclic) bond motifs is 6. The molecule has 0 saturated carbocycles. The largest absolute Gasteiger partial charge is 0.359 e. The summed E-state index contributed by atoms with van der Waals surface area (Å²) in [6.45, 7) is 0. The lowest BCUT2D eigenvalue weighted by Crippen LogP contribution is -2.54. The molecule has 2 aliphatic heterocycles. The molecular weight excluding hydrogens is 695 g/mol. The fourth-order valence-corrected chi connectivity index (χ4v) is 8.91. The van der Waals surface area contributed by atoms with Gasteiger partial charge < -0.3 is 10.2 Å². The van der Waals surface area contributed by atoms with Crippen molar-refractivity contribution in [3.63, 3.8) is 0 Å². The van der Waals surface area contributed by atoms with E-state index in [2.05, 4.69) is 226 Å². The van der Waals surface area contributed by atoms with Crippen LogP contribution in [-0.4, -0.2) is 0 Å². The van der Waals surface area contributed by atoms with Crippen molar-refractivity contribution < 1.29 is 0 Å². The normalized spacial score (nSPS) is 19.1. The Kier molecular flexibility index (Phi) is 8.29. The molecule has 0 aliphatic carbocycles. The van der Waals surface area contributed by atoms with E-state index in [0.717, 1.165) is 11.4 Å². The first kappa shape index (κ1) is 33.6. The van der Waals surface area contributed by atoms with Crippen molar-refractivity contribution in [3.05, 3.63) is 222 Å². The zero-order valence-electron chi connectivity index (χ0n) is 31.3. The molecule has 0 amide bonds. The summed E-state index contributed by atoms with van der Waals surface area (Å²) in [7, 11) is 0. The summed E-state index contributed by atoms with van der Waals surface area (Å²) in [5.41, 5.74) is 10.7. The van der Waals surface area contributed by atoms with E-state index in [0.29, 0.717) is 0 Å². The van der Waals surface area contributed by atoms with Gasteiger partial charge in [-0.15, -0.1) is 0 Å². The van der Waals surface area contributed by atoms with Gasteiger partial charge in [-0.25, -0.2) is 0 Å². The van der Waals surface area contributed by atoms with Crippen LogP contribution in [0.1, 0.15) is 46.9 Å². The van der Waals surface area contributed by atoms with E-state index in [-0.39, 0.29) is 24.7 Å². The minimum atomic E-state index is -0.0890. The molecule has 4 atom stereocenters. The lowest BCUT2D eigenvalue weighted by molar-refractivity contribution is 0.203. The number of rotatable bonds is 6. The zero-order valence-corrected chi connectivity index (χ0v) is 31.3. The van der Waals surface area contributed by atoms with Gasteiger partial charge in [-0.2, -0.15) is 0 Å². The Balaban J connectivity index is 0.970. The monoisotopic (exact) mass is 735 g/mol. The molecular formula is C52H41N5. The molecule has 4 N–H and O–H groups in total. The van der Waals surface area contributed by atoms with Crippen LogP contribution in [0.25, 0.3) is 43.4 Å². The molecule has 0 aromatic heterocycles. The number of hydrogen-bond donors (Lipinski definition) is 4. The molecule has 5 heteroatoms. The van der Waals surface area contributed by atoms with Crippen molar-refractivity contribution in [3.8, 4) is 11.1 Å². The first-order chi connectivity index (χ1) is 28.2. The quantitative estimate of drug-likeness (QED) is 0.128. The van der Waals surface area contributed by atoms with E-state index < -0.39 is 0 Å². The number of anilines is 3. The summed E-state index contributed by atoms with van der Waals surface area (Å²) < 4.78 is 0. The summed E-state index contributed by atoms with van der Waals surface area (Å²) in [6, 6.07) is 72.4. The molecule has 1 fully saturated rings. The third kappa shape index (κ3) is 6.10. The van der Waals surface area contributed by atoms with Crippen LogP contribution < -0.4 is 26.2 Å². The highest BCUT2D eigenvalue weighted by Gasteiger charge is 2.34. The summed E-state index contributed by atoms with van der Waals surface area (Å²) in [5.74, 6) is 0. The maximum Gasteiger partial charge on any atom is 0.130 e. The Hall–Kier alpha value is -6.76. The smallest absolute Gasteiger partial charge is 0.130 e. The van der Waals surface area contributed by atoms with Crippen molar-refractivity contribution in [1.29, 1.82) is 0 Å². The Labute approximate surface area is 332 Å². The van der Waals surface area contributed by atoms with Gasteiger partial charge in [0, 0.05) is 11.1 Å². The summed E-state index contributed by atoms with van der Waals surface area (Å²) in [4.78, 5) is 2.47. The fraction of sp³-hybridized carbons (Fsp3) is 0.0769. The second-order valence-corrected chi connectivity index (χ2v) is 15.2. The highest BCUT2D eigenvalue weighted by molar-refractivity contribution is 6.18. The predicted octanol–water partition coefficient (Wildman–Crippen LogP) is 12.3. The highest BCUT2D eigenvalue weighted by atomic mass is 15.4.